The van der Waals surface area contributed by atoms with Crippen LogP contribution in [0.4, 0.5) is 5.69 Å². The van der Waals surface area contributed by atoms with Gasteiger partial charge >= 0.3 is 0 Å². The predicted molar refractivity (Wildman–Crippen MR) is 215 cm³/mol. The molecule has 1 unspecified atom stereocenters. The van der Waals surface area contributed by atoms with Crippen molar-refractivity contribution in [2.45, 2.75) is 63.5 Å². The Morgan fingerprint density at radius 3 is 2.34 bits per heavy atom. The predicted octanol–water partition coefficient (Wildman–Crippen LogP) is 3.34. The smallest absolute Gasteiger partial charge is 0.262 e. The number of nitrogens with zero attached hydrogens (tertiary/aromatic N) is 7. The van der Waals surface area contributed by atoms with E-state index in [1.54, 1.807) is 36.5 Å². The second-order valence-corrected chi connectivity index (χ2v) is 16.6. The molecule has 2 aromatic rings. The van der Waals surface area contributed by atoms with Gasteiger partial charge in [0.2, 0.25) is 17.7 Å². The number of anilines is 1. The van der Waals surface area contributed by atoms with Crippen molar-refractivity contribution in [3.63, 3.8) is 0 Å². The molecule has 0 aromatic heterocycles. The summed E-state index contributed by atoms with van der Waals surface area (Å²) < 4.78 is 6.10. The molecule has 3 saturated heterocycles. The Hall–Kier alpha value is -5.46. The number of likely N-dealkylation sites (N-methyl/N-ethyl adjacent to an activating group) is 1. The number of imide groups is 2. The number of nitriles is 1. The van der Waals surface area contributed by atoms with E-state index < -0.39 is 29.7 Å². The van der Waals surface area contributed by atoms with Crippen molar-refractivity contribution in [3.05, 3.63) is 70.1 Å². The molecule has 0 bridgehead atoms. The first-order valence-corrected chi connectivity index (χ1v) is 20.7. The maximum atomic E-state index is 13.3. The third-order valence-corrected chi connectivity index (χ3v) is 12.8. The van der Waals surface area contributed by atoms with Gasteiger partial charge in [-0.1, -0.05) is 11.6 Å². The first kappa shape index (κ1) is 39.4. The molecule has 16 heteroatoms. The van der Waals surface area contributed by atoms with Crippen molar-refractivity contribution in [2.24, 2.45) is 16.8 Å². The van der Waals surface area contributed by atoms with Gasteiger partial charge in [-0.05, 0) is 81.2 Å². The number of amidine groups is 1. The van der Waals surface area contributed by atoms with Gasteiger partial charge in [-0.2, -0.15) is 5.26 Å². The topological polar surface area (TPSA) is 171 Å². The number of fused-ring (bicyclic) bond motifs is 1. The summed E-state index contributed by atoms with van der Waals surface area (Å²) in [7, 11) is 1.98. The number of rotatable bonds is 8. The zero-order valence-electron chi connectivity index (χ0n) is 32.6. The van der Waals surface area contributed by atoms with Crippen LogP contribution in [0.15, 0.2) is 53.4 Å². The molecule has 5 heterocycles. The molecule has 2 N–H and O–H groups in total. The Kier molecular flexibility index (Phi) is 11.4. The van der Waals surface area contributed by atoms with Crippen LogP contribution in [-0.4, -0.2) is 127 Å². The van der Waals surface area contributed by atoms with E-state index in [4.69, 9.17) is 26.6 Å². The van der Waals surface area contributed by atoms with E-state index >= 15 is 0 Å². The van der Waals surface area contributed by atoms with Crippen molar-refractivity contribution in [1.82, 2.24) is 30.2 Å². The largest absolute Gasteiger partial charge is 0.490 e. The number of carbonyl (C=O) groups is 5. The second kappa shape index (κ2) is 16.8. The lowest BCUT2D eigenvalue weighted by atomic mass is 9.86. The molecule has 4 fully saturated rings. The Labute approximate surface area is 342 Å². The van der Waals surface area contributed by atoms with Gasteiger partial charge in [-0.25, -0.2) is 4.99 Å². The number of benzene rings is 2. The second-order valence-electron chi connectivity index (χ2n) is 16.1. The van der Waals surface area contributed by atoms with Crippen molar-refractivity contribution < 1.29 is 28.7 Å². The van der Waals surface area contributed by atoms with Crippen molar-refractivity contribution in [3.8, 4) is 11.8 Å². The van der Waals surface area contributed by atoms with Gasteiger partial charge in [0, 0.05) is 77.0 Å². The third kappa shape index (κ3) is 8.26. The number of ether oxygens (including phenoxy) is 1. The highest BCUT2D eigenvalue weighted by Crippen LogP contribution is 2.33. The van der Waals surface area contributed by atoms with Crippen LogP contribution < -0.4 is 20.3 Å². The lowest BCUT2D eigenvalue weighted by molar-refractivity contribution is -0.136. The van der Waals surface area contributed by atoms with Crippen LogP contribution in [0.2, 0.25) is 5.02 Å². The molecule has 58 heavy (non-hydrogen) atoms. The minimum absolute atomic E-state index is 0.000299. The Morgan fingerprint density at radius 2 is 1.66 bits per heavy atom. The van der Waals surface area contributed by atoms with Gasteiger partial charge in [0.1, 0.15) is 29.5 Å². The quantitative estimate of drug-likeness (QED) is 0.375. The average Bonchev–Trinajstić information content (AvgIpc) is 3.47. The molecule has 304 valence electrons. The summed E-state index contributed by atoms with van der Waals surface area (Å²) in [6.07, 6.45) is 7.13. The Balaban J connectivity index is 0.762. The summed E-state index contributed by atoms with van der Waals surface area (Å²) >= 11 is 6.16. The number of hydrogen-bond donors (Lipinski definition) is 2. The zero-order valence-corrected chi connectivity index (χ0v) is 33.4. The summed E-state index contributed by atoms with van der Waals surface area (Å²) in [6, 6.07) is 11.5. The summed E-state index contributed by atoms with van der Waals surface area (Å²) in [5.74, 6) is 0.886. The van der Waals surface area contributed by atoms with Crippen LogP contribution in [0.3, 0.4) is 0 Å². The highest BCUT2D eigenvalue weighted by atomic mass is 35.5. The van der Waals surface area contributed by atoms with Crippen LogP contribution in [0.5, 0.6) is 5.75 Å². The van der Waals surface area contributed by atoms with E-state index in [9.17, 15) is 24.0 Å². The molecule has 2 aromatic carbocycles. The van der Waals surface area contributed by atoms with Crippen LogP contribution in [-0.2, 0) is 14.4 Å². The summed E-state index contributed by atoms with van der Waals surface area (Å²) in [5, 5.41) is 14.8. The summed E-state index contributed by atoms with van der Waals surface area (Å²) in [6.45, 7) is 6.92. The number of hydrogen-bond acceptors (Lipinski definition) is 12. The lowest BCUT2D eigenvalue weighted by Crippen LogP contribution is -2.54. The fraction of sp³-hybridized carbons (Fsp3) is 0.500. The van der Waals surface area contributed by atoms with Crippen molar-refractivity contribution >= 4 is 52.7 Å². The van der Waals surface area contributed by atoms with E-state index in [0.29, 0.717) is 45.7 Å². The SMILES string of the molecule is CN1CC(N2CCC(CN3CCN(c4ccc5c(c4)C(=O)N(C4CCC(=O)NC4=O)C5=O)CC3)CC2)=NC=C1NC(=O)[C@H]1CC[C@H](Oc2ccc(C#N)c(Cl)c2)CC1. The van der Waals surface area contributed by atoms with E-state index in [1.165, 1.54) is 0 Å². The Bertz CT molecular complexity index is 2090. The third-order valence-electron chi connectivity index (χ3n) is 12.4. The molecule has 1 saturated carbocycles. The first-order valence-electron chi connectivity index (χ1n) is 20.3. The van der Waals surface area contributed by atoms with E-state index in [1.807, 2.05) is 13.1 Å². The molecule has 1 atom stereocenters. The van der Waals surface area contributed by atoms with Gasteiger partial charge in [-0.15, -0.1) is 0 Å². The Morgan fingerprint density at radius 1 is 0.914 bits per heavy atom. The molecule has 5 aliphatic heterocycles. The van der Waals surface area contributed by atoms with E-state index in [0.717, 1.165) is 101 Å². The number of carbonyl (C=O) groups excluding carboxylic acids is 5. The molecule has 0 spiro atoms. The highest BCUT2D eigenvalue weighted by Gasteiger charge is 2.45. The molecular formula is C42H48ClN9O6. The van der Waals surface area contributed by atoms with Gasteiger partial charge in [0.05, 0.1) is 40.6 Å². The number of amides is 5. The van der Waals surface area contributed by atoms with Crippen LogP contribution >= 0.6 is 11.6 Å². The van der Waals surface area contributed by atoms with Crippen LogP contribution in [0, 0.1) is 23.2 Å². The number of piperidine rings is 2. The lowest BCUT2D eigenvalue weighted by Gasteiger charge is -2.41. The number of piperazine rings is 1. The zero-order chi connectivity index (χ0) is 40.5. The molecular weight excluding hydrogens is 762 g/mol. The van der Waals surface area contributed by atoms with Crippen molar-refractivity contribution in [2.75, 3.05) is 64.3 Å². The standard InChI is InChI=1S/C42H48ClN9O6/c1-48-25-37(45-23-36(48)46-39(54)27-2-6-30(7-3-27)58-31-8-4-28(22-44)34(43)21-31)51-14-12-26(13-15-51)24-49-16-18-50(19-17-49)29-5-9-32-33(20-29)42(57)52(41(32)56)35-10-11-38(53)47-40(35)55/h4-5,8-9,20-21,23,26-27,30,35H,2-3,6-7,10-19,24-25H2,1H3,(H,46,54)(H,47,53,55)/t27-,30-,35?. The van der Waals surface area contributed by atoms with Crippen LogP contribution in [0.1, 0.15) is 77.6 Å². The molecule has 1 aliphatic carbocycles. The fourth-order valence-corrected chi connectivity index (χ4v) is 9.20. The number of likely N-dealkylation sites (tertiary alicyclic amines) is 1. The van der Waals surface area contributed by atoms with Gasteiger partial charge < -0.3 is 24.8 Å². The van der Waals surface area contributed by atoms with Crippen LogP contribution in [0.25, 0.3) is 0 Å². The average molecular weight is 810 g/mol. The number of aliphatic imine (C=N–C) groups is 1. The minimum atomic E-state index is -0.973. The number of halogens is 1. The van der Waals surface area contributed by atoms with Gasteiger partial charge in [0.25, 0.3) is 11.8 Å². The first-order chi connectivity index (χ1) is 28.0. The summed E-state index contributed by atoms with van der Waals surface area (Å²) in [4.78, 5) is 78.7. The molecule has 6 aliphatic rings. The molecule has 15 nitrogen and oxygen atoms in total. The maximum Gasteiger partial charge on any atom is 0.262 e. The monoisotopic (exact) mass is 809 g/mol. The van der Waals surface area contributed by atoms with Crippen molar-refractivity contribution in [1.29, 1.82) is 5.26 Å². The van der Waals surface area contributed by atoms with E-state index in [2.05, 4.69) is 36.3 Å². The van der Waals surface area contributed by atoms with Gasteiger partial charge in [-0.3, -0.25) is 39.1 Å². The normalized spacial score (nSPS) is 24.5. The summed E-state index contributed by atoms with van der Waals surface area (Å²) in [5.41, 5.74) is 1.90. The minimum Gasteiger partial charge on any atom is -0.490 e. The molecule has 8 rings (SSSR count). The molecule has 5 amide bonds. The maximum absolute atomic E-state index is 13.3. The fourth-order valence-electron chi connectivity index (χ4n) is 8.99. The number of nitrogens with one attached hydrogen (secondary N) is 2. The molecule has 0 radical (unpaired) electrons. The van der Waals surface area contributed by atoms with E-state index in [-0.39, 0.29) is 30.8 Å². The van der Waals surface area contributed by atoms with Gasteiger partial charge in [0.15, 0.2) is 0 Å². The highest BCUT2D eigenvalue weighted by molar-refractivity contribution is 6.31.